The van der Waals surface area contributed by atoms with Gasteiger partial charge < -0.3 is 15.1 Å². The van der Waals surface area contributed by atoms with Crippen molar-refractivity contribution < 1.29 is 15.0 Å². The van der Waals surface area contributed by atoms with E-state index in [1.54, 1.807) is 0 Å². The summed E-state index contributed by atoms with van der Waals surface area (Å²) in [5.41, 5.74) is 0.444. The summed E-state index contributed by atoms with van der Waals surface area (Å²) in [5.74, 6) is -0.833. The third-order valence-corrected chi connectivity index (χ3v) is 4.80. The fourth-order valence-corrected chi connectivity index (χ4v) is 3.43. The van der Waals surface area contributed by atoms with E-state index in [-0.39, 0.29) is 12.4 Å². The van der Waals surface area contributed by atoms with Gasteiger partial charge >= 0.3 is 0 Å². The number of nitrogens with zero attached hydrogens (tertiary/aromatic N) is 1. The van der Waals surface area contributed by atoms with E-state index in [1.807, 2.05) is 0 Å². The molecule has 1 heterocycles. The predicted molar refractivity (Wildman–Crippen MR) is 109 cm³/mol. The van der Waals surface area contributed by atoms with Gasteiger partial charge in [-0.3, -0.25) is 4.79 Å². The van der Waals surface area contributed by atoms with Crippen molar-refractivity contribution in [3.8, 4) is 0 Å². The molecule has 1 aliphatic rings. The maximum absolute atomic E-state index is 11.2. The normalized spacial score (nSPS) is 16.3. The van der Waals surface area contributed by atoms with Gasteiger partial charge in [0.2, 0.25) is 0 Å². The first-order chi connectivity index (χ1) is 12.0. The molecular weight excluding hydrogens is 350 g/mol. The van der Waals surface area contributed by atoms with Gasteiger partial charge in [-0.2, -0.15) is 0 Å². The van der Waals surface area contributed by atoms with Gasteiger partial charge in [0.1, 0.15) is 0 Å². The summed E-state index contributed by atoms with van der Waals surface area (Å²) in [6.45, 7) is 6.48. The van der Waals surface area contributed by atoms with Gasteiger partial charge in [-0.15, -0.1) is 12.4 Å². The Morgan fingerprint density at radius 2 is 1.69 bits per heavy atom. The summed E-state index contributed by atoms with van der Waals surface area (Å²) in [6, 6.07) is 14.7. The van der Waals surface area contributed by atoms with Gasteiger partial charge in [-0.1, -0.05) is 55.8 Å². The number of carboxylic acids is 1. The second-order valence-corrected chi connectivity index (χ2v) is 6.77. The number of benzene rings is 2. The number of piperidine rings is 1. The summed E-state index contributed by atoms with van der Waals surface area (Å²) in [6.07, 6.45) is 4.17. The van der Waals surface area contributed by atoms with E-state index in [1.165, 1.54) is 30.2 Å². The van der Waals surface area contributed by atoms with Crippen LogP contribution >= 0.6 is 12.4 Å². The quantitative estimate of drug-likeness (QED) is 0.824. The number of fused-ring (bicyclic) bond motifs is 1. The Bertz CT molecular complexity index is 687. The summed E-state index contributed by atoms with van der Waals surface area (Å²) in [4.78, 5) is 11.5. The molecule has 0 radical (unpaired) electrons. The summed E-state index contributed by atoms with van der Waals surface area (Å²) in [7, 11) is 0. The van der Waals surface area contributed by atoms with E-state index in [9.17, 15) is 5.11 Å². The van der Waals surface area contributed by atoms with Crippen molar-refractivity contribution >= 4 is 29.1 Å². The molecule has 3 rings (SSSR count). The molecule has 1 fully saturated rings. The highest BCUT2D eigenvalue weighted by Gasteiger charge is 2.34. The summed E-state index contributed by atoms with van der Waals surface area (Å²) < 4.78 is 0. The molecule has 4 nitrogen and oxygen atoms in total. The molecule has 0 amide bonds. The van der Waals surface area contributed by atoms with Crippen LogP contribution in [0.4, 0.5) is 0 Å². The first kappa shape index (κ1) is 22.4. The third-order valence-electron chi connectivity index (χ3n) is 4.80. The molecule has 144 valence electrons. The topological polar surface area (TPSA) is 60.8 Å². The molecule has 5 heteroatoms. The van der Waals surface area contributed by atoms with Crippen molar-refractivity contribution in [3.05, 3.63) is 48.0 Å². The van der Waals surface area contributed by atoms with Gasteiger partial charge in [-0.25, -0.2) is 0 Å². The lowest BCUT2D eigenvalue weighted by Gasteiger charge is -2.39. The molecule has 2 aromatic rings. The smallest absolute Gasteiger partial charge is 0.300 e. The molecule has 0 atom stereocenters. The lowest BCUT2D eigenvalue weighted by atomic mass is 9.82. The first-order valence-electron chi connectivity index (χ1n) is 9.09. The van der Waals surface area contributed by atoms with E-state index in [4.69, 9.17) is 9.90 Å². The average Bonchev–Trinajstić information content (AvgIpc) is 2.60. The molecule has 0 aliphatic carbocycles. The molecule has 2 N–H and O–H groups in total. The second-order valence-electron chi connectivity index (χ2n) is 6.77. The van der Waals surface area contributed by atoms with Crippen LogP contribution < -0.4 is 0 Å². The minimum absolute atomic E-state index is 0. The van der Waals surface area contributed by atoms with Gasteiger partial charge in [0, 0.05) is 20.0 Å². The van der Waals surface area contributed by atoms with Crippen LogP contribution in [0.2, 0.25) is 0 Å². The molecule has 1 aliphatic heterocycles. The fourth-order valence-electron chi connectivity index (χ4n) is 3.43. The number of rotatable bonds is 4. The van der Waals surface area contributed by atoms with Crippen molar-refractivity contribution in [2.75, 3.05) is 19.6 Å². The Labute approximate surface area is 162 Å². The zero-order valence-electron chi connectivity index (χ0n) is 15.6. The van der Waals surface area contributed by atoms with Crippen LogP contribution in [0.15, 0.2) is 42.5 Å². The van der Waals surface area contributed by atoms with E-state index in [2.05, 4.69) is 54.3 Å². The highest BCUT2D eigenvalue weighted by atomic mass is 35.5. The maximum atomic E-state index is 11.2. The molecule has 0 aromatic heterocycles. The van der Waals surface area contributed by atoms with Crippen molar-refractivity contribution in [2.24, 2.45) is 0 Å². The predicted octanol–water partition coefficient (Wildman–Crippen LogP) is 4.44. The minimum Gasteiger partial charge on any atom is -0.481 e. The Hall–Kier alpha value is -1.62. The van der Waals surface area contributed by atoms with Gasteiger partial charge in [0.15, 0.2) is 0 Å². The Morgan fingerprint density at radius 3 is 2.31 bits per heavy atom. The van der Waals surface area contributed by atoms with Crippen molar-refractivity contribution in [3.63, 3.8) is 0 Å². The standard InChI is InChI=1S/C19H25NO.C2H4O2.ClH/c1-2-3-13-20-14-11-19(21,12-15-20)18-10-6-8-16-7-4-5-9-17(16)18;1-2(3)4;/h4-10,21H,2-3,11-15H2,1H3;1H3,(H,3,4);1H. The number of likely N-dealkylation sites (tertiary alicyclic amines) is 1. The molecule has 0 saturated carbocycles. The number of carboxylic acid groups (broad SMARTS) is 1. The maximum Gasteiger partial charge on any atom is 0.300 e. The first-order valence-corrected chi connectivity index (χ1v) is 9.09. The highest BCUT2D eigenvalue weighted by molar-refractivity contribution is 5.86. The van der Waals surface area contributed by atoms with Gasteiger partial charge in [0.25, 0.3) is 5.97 Å². The highest BCUT2D eigenvalue weighted by Crippen LogP contribution is 2.36. The summed E-state index contributed by atoms with van der Waals surface area (Å²) >= 11 is 0. The summed E-state index contributed by atoms with van der Waals surface area (Å²) in [5, 5.41) is 21.0. The molecule has 26 heavy (non-hydrogen) atoms. The number of unbranched alkanes of at least 4 members (excludes halogenated alkanes) is 1. The number of hydrogen-bond donors (Lipinski definition) is 2. The van der Waals surface area contributed by atoms with Crippen molar-refractivity contribution in [2.45, 2.75) is 45.1 Å². The van der Waals surface area contributed by atoms with Crippen LogP contribution in [0, 0.1) is 0 Å². The molecular formula is C21H30ClNO3. The Balaban J connectivity index is 0.000000616. The number of hydrogen-bond acceptors (Lipinski definition) is 3. The fraction of sp³-hybridized carbons (Fsp3) is 0.476. The SMILES string of the molecule is CC(=O)O.CCCCN1CCC(O)(c2cccc3ccccc23)CC1.Cl. The van der Waals surface area contributed by atoms with E-state index < -0.39 is 11.6 Å². The van der Waals surface area contributed by atoms with Crippen LogP contribution in [-0.4, -0.2) is 40.7 Å². The Morgan fingerprint density at radius 1 is 1.12 bits per heavy atom. The van der Waals surface area contributed by atoms with E-state index in [0.717, 1.165) is 38.4 Å². The van der Waals surface area contributed by atoms with E-state index in [0.29, 0.717) is 0 Å². The number of carbonyl (C=O) groups is 1. The van der Waals surface area contributed by atoms with Crippen molar-refractivity contribution in [1.29, 1.82) is 0 Å². The van der Waals surface area contributed by atoms with Crippen LogP contribution in [-0.2, 0) is 10.4 Å². The van der Waals surface area contributed by atoms with E-state index >= 15 is 0 Å². The number of aliphatic hydroxyl groups is 1. The average molecular weight is 380 g/mol. The molecule has 2 aromatic carbocycles. The molecule has 0 bridgehead atoms. The minimum atomic E-state index is -0.833. The zero-order valence-corrected chi connectivity index (χ0v) is 16.5. The number of halogens is 1. The monoisotopic (exact) mass is 379 g/mol. The zero-order chi connectivity index (χ0) is 18.3. The third kappa shape index (κ3) is 5.97. The molecule has 0 spiro atoms. The lowest BCUT2D eigenvalue weighted by molar-refractivity contribution is -0.134. The van der Waals surface area contributed by atoms with Crippen LogP contribution in [0.25, 0.3) is 10.8 Å². The van der Waals surface area contributed by atoms with Gasteiger partial charge in [0.05, 0.1) is 5.60 Å². The lowest BCUT2D eigenvalue weighted by Crippen LogP contribution is -2.42. The van der Waals surface area contributed by atoms with Crippen LogP contribution in [0.1, 0.15) is 45.1 Å². The number of aliphatic carboxylic acids is 1. The Kier molecular flexibility index (Phi) is 9.06. The second kappa shape index (κ2) is 10.5. The van der Waals surface area contributed by atoms with Crippen molar-refractivity contribution in [1.82, 2.24) is 4.90 Å². The van der Waals surface area contributed by atoms with Crippen LogP contribution in [0.3, 0.4) is 0 Å². The molecule has 1 saturated heterocycles. The largest absolute Gasteiger partial charge is 0.481 e. The van der Waals surface area contributed by atoms with Gasteiger partial charge in [-0.05, 0) is 42.1 Å². The molecule has 0 unspecified atom stereocenters. The van der Waals surface area contributed by atoms with Crippen LogP contribution in [0.5, 0.6) is 0 Å².